The lowest BCUT2D eigenvalue weighted by atomic mass is 9.81. The highest BCUT2D eigenvalue weighted by Crippen LogP contribution is 2.37. The summed E-state index contributed by atoms with van der Waals surface area (Å²) in [5, 5.41) is 3.97. The van der Waals surface area contributed by atoms with Gasteiger partial charge in [-0.25, -0.2) is 0 Å². The van der Waals surface area contributed by atoms with Crippen LogP contribution in [-0.2, 0) is 16.0 Å². The number of aromatic nitrogens is 2. The molecule has 1 saturated heterocycles. The second kappa shape index (κ2) is 6.19. The quantitative estimate of drug-likeness (QED) is 0.807. The Hall–Kier alpha value is -2.50. The van der Waals surface area contributed by atoms with E-state index >= 15 is 0 Å². The molecular weight excluding hydrogens is 306 g/mol. The number of fused-ring (bicyclic) bond motifs is 1. The second-order valence-electron chi connectivity index (χ2n) is 6.45. The highest BCUT2D eigenvalue weighted by atomic mass is 16.5. The van der Waals surface area contributed by atoms with Crippen molar-refractivity contribution in [3.63, 3.8) is 0 Å². The van der Waals surface area contributed by atoms with Crippen molar-refractivity contribution in [1.82, 2.24) is 15.0 Å². The molecular formula is C18H19N3O3. The zero-order valence-electron chi connectivity index (χ0n) is 13.4. The van der Waals surface area contributed by atoms with Gasteiger partial charge in [-0.15, -0.1) is 0 Å². The molecule has 0 spiro atoms. The summed E-state index contributed by atoms with van der Waals surface area (Å²) in [4.78, 5) is 30.6. The predicted octanol–water partition coefficient (Wildman–Crippen LogP) is 2.45. The molecule has 0 N–H and O–H groups in total. The summed E-state index contributed by atoms with van der Waals surface area (Å²) < 4.78 is 5.26. The van der Waals surface area contributed by atoms with E-state index in [9.17, 15) is 9.59 Å². The van der Waals surface area contributed by atoms with Crippen molar-refractivity contribution in [2.24, 2.45) is 11.8 Å². The number of carbonyl (C=O) groups is 2. The van der Waals surface area contributed by atoms with Crippen LogP contribution in [0.2, 0.25) is 0 Å². The molecule has 2 heterocycles. The van der Waals surface area contributed by atoms with Crippen LogP contribution in [0, 0.1) is 11.8 Å². The van der Waals surface area contributed by atoms with Crippen LogP contribution in [0.1, 0.15) is 31.6 Å². The Kier molecular flexibility index (Phi) is 3.88. The third-order valence-electron chi connectivity index (χ3n) is 4.98. The Morgan fingerprint density at radius 1 is 1.04 bits per heavy atom. The molecule has 0 radical (unpaired) electrons. The molecule has 2 amide bonds. The van der Waals surface area contributed by atoms with Crippen molar-refractivity contribution in [2.45, 2.75) is 32.1 Å². The highest BCUT2D eigenvalue weighted by Gasteiger charge is 2.47. The van der Waals surface area contributed by atoms with Crippen LogP contribution < -0.4 is 0 Å². The molecule has 2 atom stereocenters. The lowest BCUT2D eigenvalue weighted by molar-refractivity contribution is -0.139. The van der Waals surface area contributed by atoms with E-state index in [1.807, 2.05) is 30.3 Å². The molecule has 6 nitrogen and oxygen atoms in total. The van der Waals surface area contributed by atoms with E-state index in [2.05, 4.69) is 10.1 Å². The third kappa shape index (κ3) is 2.62. The van der Waals surface area contributed by atoms with Crippen molar-refractivity contribution in [2.75, 3.05) is 6.54 Å². The first-order chi connectivity index (χ1) is 11.7. The monoisotopic (exact) mass is 325 g/mol. The van der Waals surface area contributed by atoms with Crippen molar-refractivity contribution in [3.05, 3.63) is 36.2 Å². The maximum absolute atomic E-state index is 12.4. The van der Waals surface area contributed by atoms with Crippen LogP contribution in [0.15, 0.2) is 34.9 Å². The SMILES string of the molecule is O=C1[C@H]2CCCC[C@@H]2C(=O)N1CCc1nc(-c2ccccc2)no1. The standard InChI is InChI=1S/C18H19N3O3/c22-17-13-8-4-5-9-14(13)18(23)21(17)11-10-15-19-16(20-24-15)12-6-2-1-3-7-12/h1-3,6-7,13-14H,4-5,8-11H2/t13-,14-/m0/s1. The van der Waals surface area contributed by atoms with Gasteiger partial charge >= 0.3 is 0 Å². The Morgan fingerprint density at radius 2 is 1.71 bits per heavy atom. The Labute approximate surface area is 139 Å². The van der Waals surface area contributed by atoms with E-state index in [0.29, 0.717) is 24.7 Å². The fourth-order valence-electron chi connectivity index (χ4n) is 3.72. The van der Waals surface area contributed by atoms with Crippen LogP contribution in [0.5, 0.6) is 0 Å². The molecule has 124 valence electrons. The largest absolute Gasteiger partial charge is 0.339 e. The molecule has 1 saturated carbocycles. The van der Waals surface area contributed by atoms with Crippen molar-refractivity contribution < 1.29 is 14.1 Å². The first-order valence-electron chi connectivity index (χ1n) is 8.47. The van der Waals surface area contributed by atoms with Gasteiger partial charge in [0.2, 0.25) is 23.5 Å². The number of benzene rings is 1. The van der Waals surface area contributed by atoms with Gasteiger partial charge in [0.05, 0.1) is 11.8 Å². The molecule has 0 bridgehead atoms. The summed E-state index contributed by atoms with van der Waals surface area (Å²) in [5.41, 5.74) is 0.881. The maximum atomic E-state index is 12.4. The first-order valence-corrected chi connectivity index (χ1v) is 8.47. The molecule has 24 heavy (non-hydrogen) atoms. The van der Waals surface area contributed by atoms with E-state index in [4.69, 9.17) is 4.52 Å². The van der Waals surface area contributed by atoms with Gasteiger partial charge in [-0.05, 0) is 12.8 Å². The maximum Gasteiger partial charge on any atom is 0.233 e. The minimum Gasteiger partial charge on any atom is -0.339 e. The first kappa shape index (κ1) is 15.1. The van der Waals surface area contributed by atoms with Gasteiger partial charge in [0, 0.05) is 18.5 Å². The fourth-order valence-corrected chi connectivity index (χ4v) is 3.72. The van der Waals surface area contributed by atoms with E-state index in [0.717, 1.165) is 31.2 Å². The van der Waals surface area contributed by atoms with Gasteiger partial charge in [-0.3, -0.25) is 14.5 Å². The Morgan fingerprint density at radius 3 is 2.38 bits per heavy atom. The zero-order valence-corrected chi connectivity index (χ0v) is 13.4. The van der Waals surface area contributed by atoms with Crippen LogP contribution in [0.25, 0.3) is 11.4 Å². The summed E-state index contributed by atoms with van der Waals surface area (Å²) in [6.07, 6.45) is 4.15. The van der Waals surface area contributed by atoms with Gasteiger partial charge in [0.25, 0.3) is 0 Å². The van der Waals surface area contributed by atoms with Crippen LogP contribution in [0.3, 0.4) is 0 Å². The van der Waals surface area contributed by atoms with Crippen LogP contribution in [-0.4, -0.2) is 33.4 Å². The predicted molar refractivity (Wildman–Crippen MR) is 85.6 cm³/mol. The van der Waals surface area contributed by atoms with Crippen molar-refractivity contribution in [3.8, 4) is 11.4 Å². The minimum absolute atomic E-state index is 0.0208. The number of carbonyl (C=O) groups excluding carboxylic acids is 2. The molecule has 6 heteroatoms. The molecule has 2 aliphatic rings. The second-order valence-corrected chi connectivity index (χ2v) is 6.45. The number of rotatable bonds is 4. The molecule has 1 aromatic carbocycles. The van der Waals surface area contributed by atoms with Crippen LogP contribution in [0.4, 0.5) is 0 Å². The summed E-state index contributed by atoms with van der Waals surface area (Å²) in [7, 11) is 0. The fraction of sp³-hybridized carbons (Fsp3) is 0.444. The smallest absolute Gasteiger partial charge is 0.233 e. The highest BCUT2D eigenvalue weighted by molar-refractivity contribution is 6.05. The van der Waals surface area contributed by atoms with Gasteiger partial charge < -0.3 is 4.52 Å². The Balaban J connectivity index is 1.43. The number of likely N-dealkylation sites (tertiary alicyclic amines) is 1. The van der Waals surface area contributed by atoms with Gasteiger partial charge in [-0.2, -0.15) is 4.98 Å². The molecule has 2 fully saturated rings. The number of hydrogen-bond donors (Lipinski definition) is 0. The number of amides is 2. The summed E-state index contributed by atoms with van der Waals surface area (Å²) in [6, 6.07) is 9.57. The topological polar surface area (TPSA) is 76.3 Å². The molecule has 1 aliphatic carbocycles. The average molecular weight is 325 g/mol. The molecule has 0 unspecified atom stereocenters. The molecule has 2 aromatic rings. The lowest BCUT2D eigenvalue weighted by Gasteiger charge is -2.19. The third-order valence-corrected chi connectivity index (χ3v) is 4.98. The van der Waals surface area contributed by atoms with Crippen molar-refractivity contribution >= 4 is 11.8 Å². The van der Waals surface area contributed by atoms with E-state index < -0.39 is 0 Å². The van der Waals surface area contributed by atoms with E-state index in [1.54, 1.807) is 0 Å². The summed E-state index contributed by atoms with van der Waals surface area (Å²) >= 11 is 0. The lowest BCUT2D eigenvalue weighted by Crippen LogP contribution is -2.33. The average Bonchev–Trinajstić information content (AvgIpc) is 3.19. The number of nitrogens with zero attached hydrogens (tertiary/aromatic N) is 3. The summed E-state index contributed by atoms with van der Waals surface area (Å²) in [5.74, 6) is 0.727. The van der Waals surface area contributed by atoms with Crippen LogP contribution >= 0.6 is 0 Å². The molecule has 4 rings (SSSR count). The van der Waals surface area contributed by atoms with Gasteiger partial charge in [0.15, 0.2) is 0 Å². The summed E-state index contributed by atoms with van der Waals surface area (Å²) in [6.45, 7) is 0.321. The molecule has 1 aliphatic heterocycles. The number of imide groups is 1. The normalized spacial score (nSPS) is 23.6. The van der Waals surface area contributed by atoms with Crippen molar-refractivity contribution in [1.29, 1.82) is 0 Å². The van der Waals surface area contributed by atoms with E-state index in [1.165, 1.54) is 4.90 Å². The van der Waals surface area contributed by atoms with E-state index in [-0.39, 0.29) is 23.7 Å². The zero-order chi connectivity index (χ0) is 16.5. The van der Waals surface area contributed by atoms with Gasteiger partial charge in [0.1, 0.15) is 0 Å². The Bertz CT molecular complexity index is 732. The van der Waals surface area contributed by atoms with Gasteiger partial charge in [-0.1, -0.05) is 48.3 Å². The molecule has 1 aromatic heterocycles. The minimum atomic E-state index is -0.103. The number of hydrogen-bond acceptors (Lipinski definition) is 5.